The van der Waals surface area contributed by atoms with Crippen LogP contribution in [0.1, 0.15) is 43.7 Å². The topological polar surface area (TPSA) is 80.3 Å². The summed E-state index contributed by atoms with van der Waals surface area (Å²) in [4.78, 5) is 9.09. The number of aromatic nitrogens is 3. The van der Waals surface area contributed by atoms with Gasteiger partial charge in [-0.15, -0.1) is 0 Å². The van der Waals surface area contributed by atoms with Crippen LogP contribution in [0.5, 0.6) is 0 Å². The summed E-state index contributed by atoms with van der Waals surface area (Å²) in [5.74, 6) is 2.99. The average molecular weight is 342 g/mol. The van der Waals surface area contributed by atoms with E-state index in [1.807, 2.05) is 16.8 Å². The Hall–Kier alpha value is -2.31. The first-order chi connectivity index (χ1) is 12.4. The van der Waals surface area contributed by atoms with Gasteiger partial charge in [-0.3, -0.25) is 4.99 Å². The van der Waals surface area contributed by atoms with Crippen LogP contribution >= 0.6 is 0 Å². The smallest absolute Gasteiger partial charge is 0.191 e. The monoisotopic (exact) mass is 342 g/mol. The molecule has 134 valence electrons. The van der Waals surface area contributed by atoms with Gasteiger partial charge < -0.3 is 15.1 Å². The minimum absolute atomic E-state index is 0.338. The van der Waals surface area contributed by atoms with Crippen molar-refractivity contribution >= 4 is 5.96 Å². The highest BCUT2D eigenvalue weighted by atomic mass is 16.3. The summed E-state index contributed by atoms with van der Waals surface area (Å²) in [6.07, 6.45) is 11.3. The van der Waals surface area contributed by atoms with E-state index in [-0.39, 0.29) is 0 Å². The van der Waals surface area contributed by atoms with Crippen molar-refractivity contribution in [2.24, 2.45) is 4.99 Å². The lowest BCUT2D eigenvalue weighted by Gasteiger charge is -2.27. The second kappa shape index (κ2) is 7.72. The van der Waals surface area contributed by atoms with Crippen LogP contribution in [-0.2, 0) is 19.4 Å². The third-order valence-corrected chi connectivity index (χ3v) is 5.05. The van der Waals surface area contributed by atoms with Crippen LogP contribution in [-0.4, -0.2) is 39.4 Å². The molecule has 2 aromatic rings. The van der Waals surface area contributed by atoms with E-state index in [9.17, 15) is 0 Å². The molecule has 1 unspecified atom stereocenters. The zero-order valence-corrected chi connectivity index (χ0v) is 14.5. The van der Waals surface area contributed by atoms with Gasteiger partial charge in [-0.05, 0) is 31.4 Å². The molecule has 1 aliphatic heterocycles. The lowest BCUT2D eigenvalue weighted by molar-refractivity contribution is 0.390. The second-order valence-electron chi connectivity index (χ2n) is 6.92. The van der Waals surface area contributed by atoms with Crippen LogP contribution < -0.4 is 10.6 Å². The Morgan fingerprint density at radius 2 is 2.12 bits per heavy atom. The minimum atomic E-state index is 0.338. The first-order valence-corrected chi connectivity index (χ1v) is 9.33. The van der Waals surface area contributed by atoms with E-state index in [1.165, 1.54) is 25.7 Å². The molecule has 7 heteroatoms. The molecule has 0 saturated heterocycles. The fraction of sp³-hybridized carbons (Fsp3) is 0.611. The van der Waals surface area contributed by atoms with Gasteiger partial charge in [0.15, 0.2) is 5.96 Å². The van der Waals surface area contributed by atoms with Gasteiger partial charge in [0, 0.05) is 31.5 Å². The Morgan fingerprint density at radius 1 is 1.24 bits per heavy atom. The molecule has 7 nitrogen and oxygen atoms in total. The van der Waals surface area contributed by atoms with E-state index >= 15 is 0 Å². The predicted molar refractivity (Wildman–Crippen MR) is 95.4 cm³/mol. The van der Waals surface area contributed by atoms with Crippen molar-refractivity contribution in [2.45, 2.75) is 63.6 Å². The predicted octanol–water partition coefficient (Wildman–Crippen LogP) is 1.91. The van der Waals surface area contributed by atoms with Crippen molar-refractivity contribution in [3.05, 3.63) is 36.3 Å². The fourth-order valence-electron chi connectivity index (χ4n) is 3.68. The highest BCUT2D eigenvalue weighted by Crippen LogP contribution is 2.18. The Kier molecular flexibility index (Phi) is 4.99. The number of rotatable bonds is 5. The van der Waals surface area contributed by atoms with Gasteiger partial charge in [0.2, 0.25) is 0 Å². The van der Waals surface area contributed by atoms with Crippen molar-refractivity contribution in [3.63, 3.8) is 0 Å². The molecule has 2 aromatic heterocycles. The second-order valence-corrected chi connectivity index (χ2v) is 6.92. The molecular formula is C18H26N6O. The standard InChI is InChI=1S/C18H26N6O/c1-2-5-14(4-1)22-18(19-10-9-16-6-3-11-25-16)23-15-7-8-17-20-13-21-24(17)12-15/h3,6,11,13-15H,1-2,4-5,7-10,12H2,(H2,19,22,23). The quantitative estimate of drug-likeness (QED) is 0.641. The van der Waals surface area contributed by atoms with Crippen LogP contribution in [0, 0.1) is 0 Å². The Morgan fingerprint density at radius 3 is 2.96 bits per heavy atom. The van der Waals surface area contributed by atoms with E-state index in [4.69, 9.17) is 9.41 Å². The number of furan rings is 1. The van der Waals surface area contributed by atoms with Crippen LogP contribution in [0.2, 0.25) is 0 Å². The largest absolute Gasteiger partial charge is 0.469 e. The molecule has 1 fully saturated rings. The third kappa shape index (κ3) is 4.21. The van der Waals surface area contributed by atoms with Gasteiger partial charge in [0.05, 0.1) is 12.8 Å². The van der Waals surface area contributed by atoms with Gasteiger partial charge in [0.1, 0.15) is 17.9 Å². The highest BCUT2D eigenvalue weighted by Gasteiger charge is 2.22. The number of guanidine groups is 1. The molecule has 4 rings (SSSR count). The molecular weight excluding hydrogens is 316 g/mol. The van der Waals surface area contributed by atoms with Crippen molar-refractivity contribution in [1.82, 2.24) is 25.4 Å². The van der Waals surface area contributed by atoms with Crippen molar-refractivity contribution in [1.29, 1.82) is 0 Å². The van der Waals surface area contributed by atoms with Crippen molar-refractivity contribution in [2.75, 3.05) is 6.54 Å². The summed E-state index contributed by atoms with van der Waals surface area (Å²) in [6, 6.07) is 4.80. The zero-order valence-electron chi connectivity index (χ0n) is 14.5. The number of nitrogens with one attached hydrogen (secondary N) is 2. The van der Waals surface area contributed by atoms with Gasteiger partial charge >= 0.3 is 0 Å². The maximum Gasteiger partial charge on any atom is 0.191 e. The number of hydrogen-bond acceptors (Lipinski definition) is 4. The molecule has 0 spiro atoms. The molecule has 2 aliphatic rings. The van der Waals surface area contributed by atoms with E-state index < -0.39 is 0 Å². The summed E-state index contributed by atoms with van der Waals surface area (Å²) in [5.41, 5.74) is 0. The summed E-state index contributed by atoms with van der Waals surface area (Å²) in [6.45, 7) is 1.57. The minimum Gasteiger partial charge on any atom is -0.469 e. The number of aliphatic imine (C=N–C) groups is 1. The Balaban J connectivity index is 1.37. The van der Waals surface area contributed by atoms with Crippen LogP contribution in [0.15, 0.2) is 34.1 Å². The van der Waals surface area contributed by atoms with E-state index in [1.54, 1.807) is 12.6 Å². The first kappa shape index (κ1) is 16.2. The molecule has 0 amide bonds. The molecule has 2 N–H and O–H groups in total. The van der Waals surface area contributed by atoms with Crippen molar-refractivity contribution < 1.29 is 4.42 Å². The zero-order chi connectivity index (χ0) is 16.9. The maximum absolute atomic E-state index is 5.40. The average Bonchev–Trinajstić information content (AvgIpc) is 3.37. The maximum atomic E-state index is 5.40. The van der Waals surface area contributed by atoms with Crippen LogP contribution in [0.4, 0.5) is 0 Å². The first-order valence-electron chi connectivity index (χ1n) is 9.33. The summed E-state index contributed by atoms with van der Waals surface area (Å²) >= 11 is 0. The Labute approximate surface area is 147 Å². The van der Waals surface area contributed by atoms with Gasteiger partial charge in [-0.2, -0.15) is 5.10 Å². The fourth-order valence-corrected chi connectivity index (χ4v) is 3.68. The Bertz CT molecular complexity index is 686. The molecule has 3 heterocycles. The summed E-state index contributed by atoms with van der Waals surface area (Å²) < 4.78 is 7.40. The van der Waals surface area contributed by atoms with Gasteiger partial charge in [0.25, 0.3) is 0 Å². The summed E-state index contributed by atoms with van der Waals surface area (Å²) in [7, 11) is 0. The van der Waals surface area contributed by atoms with Crippen molar-refractivity contribution in [3.8, 4) is 0 Å². The normalized spacial score (nSPS) is 21.3. The third-order valence-electron chi connectivity index (χ3n) is 5.05. The summed E-state index contributed by atoms with van der Waals surface area (Å²) in [5, 5.41) is 11.5. The molecule has 25 heavy (non-hydrogen) atoms. The number of hydrogen-bond donors (Lipinski definition) is 2. The van der Waals surface area contributed by atoms with E-state index in [0.717, 1.165) is 49.9 Å². The van der Waals surface area contributed by atoms with Gasteiger partial charge in [-0.1, -0.05) is 12.8 Å². The molecule has 1 saturated carbocycles. The molecule has 0 radical (unpaired) electrons. The number of fused-ring (bicyclic) bond motifs is 1. The molecule has 1 atom stereocenters. The van der Waals surface area contributed by atoms with Gasteiger partial charge in [-0.25, -0.2) is 9.67 Å². The molecule has 0 bridgehead atoms. The lowest BCUT2D eigenvalue weighted by Crippen LogP contribution is -2.49. The molecule has 0 aromatic carbocycles. The van der Waals surface area contributed by atoms with Crippen LogP contribution in [0.3, 0.4) is 0 Å². The number of nitrogens with zero attached hydrogens (tertiary/aromatic N) is 4. The number of aryl methyl sites for hydroxylation is 1. The lowest BCUT2D eigenvalue weighted by atomic mass is 10.1. The van der Waals surface area contributed by atoms with E-state index in [2.05, 4.69) is 20.7 Å². The van der Waals surface area contributed by atoms with Crippen LogP contribution in [0.25, 0.3) is 0 Å². The molecule has 1 aliphatic carbocycles. The highest BCUT2D eigenvalue weighted by molar-refractivity contribution is 5.80. The SMILES string of the molecule is c1coc(CCN=C(NC2CCCC2)NC2CCc3ncnn3C2)c1. The van der Waals surface area contributed by atoms with E-state index in [0.29, 0.717) is 12.1 Å².